The predicted octanol–water partition coefficient (Wildman–Crippen LogP) is -0.0113. The number of nitrogens with zero attached hydrogens (tertiary/aromatic N) is 3. The van der Waals surface area contributed by atoms with Gasteiger partial charge in [0, 0.05) is 32.3 Å². The number of rotatable bonds is 6. The van der Waals surface area contributed by atoms with E-state index in [1.165, 1.54) is 12.5 Å². The number of hydrogen-bond acceptors (Lipinski definition) is 5. The Bertz CT molecular complexity index is 464. The summed E-state index contributed by atoms with van der Waals surface area (Å²) < 4.78 is 0. The van der Waals surface area contributed by atoms with Crippen molar-refractivity contribution in [1.82, 2.24) is 20.2 Å². The number of aromatic carboxylic acids is 1. The molecule has 7 heteroatoms. The fourth-order valence-electron chi connectivity index (χ4n) is 1.78. The third-order valence-electron chi connectivity index (χ3n) is 2.72. The maximum absolute atomic E-state index is 11.4. The maximum atomic E-state index is 11.4. The van der Waals surface area contributed by atoms with Crippen molar-refractivity contribution in [3.05, 3.63) is 23.8 Å². The van der Waals surface area contributed by atoms with E-state index in [0.717, 1.165) is 0 Å². The van der Waals surface area contributed by atoms with Crippen LogP contribution in [-0.2, 0) is 11.3 Å². The van der Waals surface area contributed by atoms with Crippen LogP contribution in [0.5, 0.6) is 0 Å². The number of carboxylic acids is 1. The number of carboxylic acid groups (broad SMARTS) is 1. The molecule has 0 spiro atoms. The minimum Gasteiger partial charge on any atom is -0.478 e. The second kappa shape index (κ2) is 6.79. The first-order chi connectivity index (χ1) is 8.95. The summed E-state index contributed by atoms with van der Waals surface area (Å²) in [4.78, 5) is 32.0. The molecule has 0 aliphatic heterocycles. The second-order valence-electron chi connectivity index (χ2n) is 4.40. The summed E-state index contributed by atoms with van der Waals surface area (Å²) >= 11 is 0. The number of aromatic nitrogens is 2. The first-order valence-electron chi connectivity index (χ1n) is 5.88. The van der Waals surface area contributed by atoms with Crippen LogP contribution in [0.2, 0.25) is 0 Å². The Hall–Kier alpha value is -2.02. The molecule has 0 fully saturated rings. The zero-order chi connectivity index (χ0) is 14.4. The summed E-state index contributed by atoms with van der Waals surface area (Å²) in [7, 11) is 3.40. The number of nitrogens with one attached hydrogen (secondary N) is 1. The van der Waals surface area contributed by atoms with Crippen LogP contribution in [0.15, 0.2) is 12.5 Å². The monoisotopic (exact) mass is 266 g/mol. The molecule has 0 aromatic carbocycles. The fourth-order valence-corrected chi connectivity index (χ4v) is 1.78. The molecule has 0 bridgehead atoms. The van der Waals surface area contributed by atoms with E-state index in [9.17, 15) is 9.59 Å². The molecule has 1 unspecified atom stereocenters. The number of carbonyl (C=O) groups is 2. The number of hydrogen-bond donors (Lipinski definition) is 2. The van der Waals surface area contributed by atoms with Crippen LogP contribution in [0.1, 0.15) is 23.0 Å². The zero-order valence-corrected chi connectivity index (χ0v) is 11.3. The molecule has 1 aromatic rings. The van der Waals surface area contributed by atoms with E-state index in [1.54, 1.807) is 7.05 Å². The van der Waals surface area contributed by atoms with Crippen molar-refractivity contribution in [2.75, 3.05) is 20.6 Å². The highest BCUT2D eigenvalue weighted by molar-refractivity contribution is 5.88. The largest absolute Gasteiger partial charge is 0.478 e. The Morgan fingerprint density at radius 3 is 2.79 bits per heavy atom. The summed E-state index contributed by atoms with van der Waals surface area (Å²) in [6.07, 6.45) is 2.60. The lowest BCUT2D eigenvalue weighted by Gasteiger charge is -2.20. The van der Waals surface area contributed by atoms with Crippen LogP contribution in [0.25, 0.3) is 0 Å². The van der Waals surface area contributed by atoms with Crippen LogP contribution in [0, 0.1) is 5.92 Å². The molecule has 104 valence electrons. The summed E-state index contributed by atoms with van der Waals surface area (Å²) in [6.45, 7) is 2.68. The average molecular weight is 266 g/mol. The molecular weight excluding hydrogens is 248 g/mol. The van der Waals surface area contributed by atoms with Gasteiger partial charge in [-0.1, -0.05) is 6.92 Å². The normalized spacial score (nSPS) is 12.2. The van der Waals surface area contributed by atoms with E-state index in [-0.39, 0.29) is 17.4 Å². The van der Waals surface area contributed by atoms with Gasteiger partial charge in [0.05, 0.1) is 5.69 Å². The third kappa shape index (κ3) is 4.29. The summed E-state index contributed by atoms with van der Waals surface area (Å²) in [5.41, 5.74) is 0.524. The molecule has 7 nitrogen and oxygen atoms in total. The molecule has 0 saturated heterocycles. The highest BCUT2D eigenvalue weighted by Gasteiger charge is 2.17. The van der Waals surface area contributed by atoms with E-state index in [2.05, 4.69) is 15.3 Å². The molecule has 1 atom stereocenters. The molecule has 1 rings (SSSR count). The van der Waals surface area contributed by atoms with E-state index in [4.69, 9.17) is 5.11 Å². The van der Waals surface area contributed by atoms with Crippen LogP contribution < -0.4 is 5.32 Å². The van der Waals surface area contributed by atoms with Gasteiger partial charge in [0.15, 0.2) is 0 Å². The van der Waals surface area contributed by atoms with Gasteiger partial charge in [0.2, 0.25) is 5.91 Å². The molecule has 1 amide bonds. The number of carbonyl (C=O) groups excluding carboxylic acids is 1. The Morgan fingerprint density at radius 1 is 1.53 bits per heavy atom. The summed E-state index contributed by atoms with van der Waals surface area (Å²) in [5.74, 6) is -1.28. The van der Waals surface area contributed by atoms with Crippen molar-refractivity contribution >= 4 is 11.9 Å². The molecule has 0 aliphatic carbocycles. The average Bonchev–Trinajstić information content (AvgIpc) is 2.37. The number of amides is 1. The highest BCUT2D eigenvalue weighted by atomic mass is 16.4. The molecule has 2 N–H and O–H groups in total. The molecule has 0 aliphatic rings. The molecule has 1 aromatic heterocycles. The van der Waals surface area contributed by atoms with Gasteiger partial charge in [-0.2, -0.15) is 0 Å². The Kier molecular flexibility index (Phi) is 5.37. The van der Waals surface area contributed by atoms with Crippen molar-refractivity contribution in [2.24, 2.45) is 5.92 Å². The minimum absolute atomic E-state index is 0.0482. The van der Waals surface area contributed by atoms with Crippen molar-refractivity contribution in [2.45, 2.75) is 13.5 Å². The van der Waals surface area contributed by atoms with Crippen LogP contribution >= 0.6 is 0 Å². The summed E-state index contributed by atoms with van der Waals surface area (Å²) in [6, 6.07) is 0. The standard InChI is InChI=1S/C12H18N4O3/c1-8(11(17)13-2)5-16(3)6-10-9(12(18)19)4-14-7-15-10/h4,7-8H,5-6H2,1-3H3,(H,13,17)(H,18,19). The quantitative estimate of drug-likeness (QED) is 0.752. The van der Waals surface area contributed by atoms with Gasteiger partial charge < -0.3 is 10.4 Å². The summed E-state index contributed by atoms with van der Waals surface area (Å²) in [5, 5.41) is 11.6. The van der Waals surface area contributed by atoms with Gasteiger partial charge in [-0.3, -0.25) is 9.69 Å². The van der Waals surface area contributed by atoms with Gasteiger partial charge in [-0.25, -0.2) is 14.8 Å². The Morgan fingerprint density at radius 2 is 2.21 bits per heavy atom. The fraction of sp³-hybridized carbons (Fsp3) is 0.500. The lowest BCUT2D eigenvalue weighted by atomic mass is 10.1. The third-order valence-corrected chi connectivity index (χ3v) is 2.72. The van der Waals surface area contributed by atoms with E-state index in [1.807, 2.05) is 18.9 Å². The van der Waals surface area contributed by atoms with E-state index in [0.29, 0.717) is 18.8 Å². The molecule has 1 heterocycles. The van der Waals surface area contributed by atoms with Gasteiger partial charge in [0.25, 0.3) is 0 Å². The molecular formula is C12H18N4O3. The van der Waals surface area contributed by atoms with Gasteiger partial charge >= 0.3 is 5.97 Å². The van der Waals surface area contributed by atoms with Crippen molar-refractivity contribution in [3.63, 3.8) is 0 Å². The molecule has 0 radical (unpaired) electrons. The van der Waals surface area contributed by atoms with Gasteiger partial charge in [-0.05, 0) is 7.05 Å². The molecule has 19 heavy (non-hydrogen) atoms. The second-order valence-corrected chi connectivity index (χ2v) is 4.40. The smallest absolute Gasteiger partial charge is 0.339 e. The lowest BCUT2D eigenvalue weighted by Crippen LogP contribution is -2.34. The van der Waals surface area contributed by atoms with Crippen molar-refractivity contribution < 1.29 is 14.7 Å². The van der Waals surface area contributed by atoms with Gasteiger partial charge in [0.1, 0.15) is 11.9 Å². The lowest BCUT2D eigenvalue weighted by molar-refractivity contribution is -0.124. The first kappa shape index (κ1) is 15.0. The molecule has 0 saturated carbocycles. The maximum Gasteiger partial charge on any atom is 0.339 e. The highest BCUT2D eigenvalue weighted by Crippen LogP contribution is 2.08. The van der Waals surface area contributed by atoms with Crippen molar-refractivity contribution in [1.29, 1.82) is 0 Å². The zero-order valence-electron chi connectivity index (χ0n) is 11.3. The Balaban J connectivity index is 2.69. The van der Waals surface area contributed by atoms with Crippen molar-refractivity contribution in [3.8, 4) is 0 Å². The Labute approximate surface area is 111 Å². The van der Waals surface area contributed by atoms with Crippen LogP contribution in [0.3, 0.4) is 0 Å². The van der Waals surface area contributed by atoms with Gasteiger partial charge in [-0.15, -0.1) is 0 Å². The topological polar surface area (TPSA) is 95.4 Å². The van der Waals surface area contributed by atoms with Crippen LogP contribution in [0.4, 0.5) is 0 Å². The SMILES string of the molecule is CNC(=O)C(C)CN(C)Cc1ncncc1C(=O)O. The predicted molar refractivity (Wildman–Crippen MR) is 68.6 cm³/mol. The van der Waals surface area contributed by atoms with E-state index < -0.39 is 5.97 Å². The minimum atomic E-state index is -1.05. The van der Waals surface area contributed by atoms with Crippen LogP contribution in [-0.4, -0.2) is 52.5 Å². The first-order valence-corrected chi connectivity index (χ1v) is 5.88. The van der Waals surface area contributed by atoms with E-state index >= 15 is 0 Å².